The fourth-order valence-electron chi connectivity index (χ4n) is 2.45. The molecule has 0 aliphatic carbocycles. The lowest BCUT2D eigenvalue weighted by Gasteiger charge is -2.33. The van der Waals surface area contributed by atoms with Gasteiger partial charge in [-0.1, -0.05) is 0 Å². The second kappa shape index (κ2) is 4.57. The van der Waals surface area contributed by atoms with Gasteiger partial charge in [-0.2, -0.15) is 11.8 Å². The third kappa shape index (κ3) is 2.92. The number of hydrogen-bond acceptors (Lipinski definition) is 3. The zero-order valence-corrected chi connectivity index (χ0v) is 11.2. The first kappa shape index (κ1) is 12.2. The molecule has 2 rings (SSSR count). The molecule has 4 heteroatoms. The highest BCUT2D eigenvalue weighted by molar-refractivity contribution is 8.00. The lowest BCUT2D eigenvalue weighted by atomic mass is 9.92. The maximum absolute atomic E-state index is 12.0. The van der Waals surface area contributed by atoms with Crippen molar-refractivity contribution in [3.63, 3.8) is 0 Å². The predicted molar refractivity (Wildman–Crippen MR) is 68.7 cm³/mol. The van der Waals surface area contributed by atoms with Crippen LogP contribution in [0, 0.1) is 5.92 Å². The number of nitrogens with one attached hydrogen (secondary N) is 2. The van der Waals surface area contributed by atoms with Gasteiger partial charge in [0.25, 0.3) is 0 Å². The topological polar surface area (TPSA) is 41.1 Å². The summed E-state index contributed by atoms with van der Waals surface area (Å²) in [7, 11) is 0. The van der Waals surface area contributed by atoms with Crippen LogP contribution < -0.4 is 10.6 Å². The lowest BCUT2D eigenvalue weighted by Crippen LogP contribution is -2.55. The Morgan fingerprint density at radius 1 is 1.44 bits per heavy atom. The number of thioether (sulfide) groups is 1. The molecule has 2 saturated heterocycles. The maximum Gasteiger partial charge on any atom is 0.237 e. The Bertz CT molecular complexity index is 275. The number of piperidine rings is 1. The van der Waals surface area contributed by atoms with E-state index < -0.39 is 0 Å². The van der Waals surface area contributed by atoms with Gasteiger partial charge in [0, 0.05) is 10.8 Å². The fourth-order valence-corrected chi connectivity index (χ4v) is 4.03. The first-order valence-corrected chi connectivity index (χ1v) is 7.17. The average Bonchev–Trinajstić information content (AvgIpc) is 2.61. The van der Waals surface area contributed by atoms with Gasteiger partial charge in [-0.05, 0) is 51.8 Å². The molecule has 2 aliphatic rings. The maximum atomic E-state index is 12.0. The Morgan fingerprint density at radius 3 is 2.88 bits per heavy atom. The summed E-state index contributed by atoms with van der Waals surface area (Å²) in [5, 5.41) is 7.15. The van der Waals surface area contributed by atoms with Crippen molar-refractivity contribution in [1.82, 2.24) is 10.6 Å². The van der Waals surface area contributed by atoms with Gasteiger partial charge in [0.15, 0.2) is 0 Å². The molecule has 0 bridgehead atoms. The van der Waals surface area contributed by atoms with Crippen LogP contribution >= 0.6 is 11.8 Å². The highest BCUT2D eigenvalue weighted by Crippen LogP contribution is 2.37. The molecule has 2 N–H and O–H groups in total. The van der Waals surface area contributed by atoms with E-state index in [4.69, 9.17) is 0 Å². The summed E-state index contributed by atoms with van der Waals surface area (Å²) in [6, 6.07) is 0.0195. The number of rotatable bonds is 1. The van der Waals surface area contributed by atoms with Crippen molar-refractivity contribution in [3.05, 3.63) is 0 Å². The molecule has 2 heterocycles. The molecular formula is C12H22N2OS. The Hall–Kier alpha value is -0.220. The van der Waals surface area contributed by atoms with E-state index in [0.717, 1.165) is 18.9 Å². The lowest BCUT2D eigenvalue weighted by molar-refractivity contribution is -0.125. The van der Waals surface area contributed by atoms with E-state index in [1.54, 1.807) is 0 Å². The Balaban J connectivity index is 1.89. The van der Waals surface area contributed by atoms with Gasteiger partial charge in [-0.3, -0.25) is 4.79 Å². The molecule has 0 aromatic rings. The van der Waals surface area contributed by atoms with E-state index in [9.17, 15) is 4.79 Å². The normalized spacial score (nSPS) is 34.6. The standard InChI is InChI=1S/C12H22N2OS/c1-12(2,3)14-11(15)9-6-10-8(7-13-9)4-5-16-10/h8-10,13H,4-7H2,1-3H3,(H,14,15)/t8?,9-,10?/m0/s1. The molecule has 2 unspecified atom stereocenters. The van der Waals surface area contributed by atoms with Crippen LogP contribution in [0.3, 0.4) is 0 Å². The van der Waals surface area contributed by atoms with Gasteiger partial charge < -0.3 is 10.6 Å². The summed E-state index contributed by atoms with van der Waals surface area (Å²) >= 11 is 2.05. The van der Waals surface area contributed by atoms with E-state index in [2.05, 4.69) is 10.6 Å². The third-order valence-corrected chi connectivity index (χ3v) is 4.73. The SMILES string of the molecule is CC(C)(C)NC(=O)[C@@H]1CC2SCCC2CN1. The number of carbonyl (C=O) groups is 1. The molecule has 3 atom stereocenters. The van der Waals surface area contributed by atoms with Gasteiger partial charge in [0.05, 0.1) is 6.04 Å². The first-order valence-electron chi connectivity index (χ1n) is 6.13. The smallest absolute Gasteiger partial charge is 0.237 e. The van der Waals surface area contributed by atoms with Crippen LogP contribution in [0.1, 0.15) is 33.6 Å². The largest absolute Gasteiger partial charge is 0.350 e. The highest BCUT2D eigenvalue weighted by Gasteiger charge is 2.37. The van der Waals surface area contributed by atoms with Crippen molar-refractivity contribution < 1.29 is 4.79 Å². The second-order valence-electron chi connectivity index (χ2n) is 5.89. The molecule has 0 saturated carbocycles. The minimum absolute atomic E-state index is 0.0195. The molecule has 16 heavy (non-hydrogen) atoms. The number of amides is 1. The highest BCUT2D eigenvalue weighted by atomic mass is 32.2. The molecular weight excluding hydrogens is 220 g/mol. The number of carbonyl (C=O) groups excluding carboxylic acids is 1. The fraction of sp³-hybridized carbons (Fsp3) is 0.917. The molecule has 0 radical (unpaired) electrons. The van der Waals surface area contributed by atoms with Crippen LogP contribution in [0.15, 0.2) is 0 Å². The predicted octanol–water partition coefficient (Wildman–Crippen LogP) is 1.38. The molecule has 0 aromatic heterocycles. The van der Waals surface area contributed by atoms with E-state index in [1.807, 2.05) is 32.5 Å². The summed E-state index contributed by atoms with van der Waals surface area (Å²) in [6.07, 6.45) is 2.31. The summed E-state index contributed by atoms with van der Waals surface area (Å²) < 4.78 is 0. The molecule has 3 nitrogen and oxygen atoms in total. The van der Waals surface area contributed by atoms with Crippen LogP contribution in [0.5, 0.6) is 0 Å². The number of fused-ring (bicyclic) bond motifs is 1. The van der Waals surface area contributed by atoms with Gasteiger partial charge in [-0.15, -0.1) is 0 Å². The van der Waals surface area contributed by atoms with E-state index in [0.29, 0.717) is 5.25 Å². The van der Waals surface area contributed by atoms with Crippen LogP contribution in [-0.4, -0.2) is 35.0 Å². The van der Waals surface area contributed by atoms with Gasteiger partial charge >= 0.3 is 0 Å². The molecule has 1 amide bonds. The van der Waals surface area contributed by atoms with Crippen molar-refractivity contribution in [3.8, 4) is 0 Å². The molecule has 0 aromatic carbocycles. The van der Waals surface area contributed by atoms with Crippen molar-refractivity contribution in [1.29, 1.82) is 0 Å². The van der Waals surface area contributed by atoms with Crippen LogP contribution in [-0.2, 0) is 4.79 Å². The molecule has 2 aliphatic heterocycles. The minimum Gasteiger partial charge on any atom is -0.350 e. The third-order valence-electron chi connectivity index (χ3n) is 3.26. The average molecular weight is 242 g/mol. The van der Waals surface area contributed by atoms with Gasteiger partial charge in [0.2, 0.25) is 5.91 Å². The van der Waals surface area contributed by atoms with Crippen molar-refractivity contribution in [2.24, 2.45) is 5.92 Å². The van der Waals surface area contributed by atoms with Crippen LogP contribution in [0.25, 0.3) is 0 Å². The van der Waals surface area contributed by atoms with E-state index in [-0.39, 0.29) is 17.5 Å². The monoisotopic (exact) mass is 242 g/mol. The van der Waals surface area contributed by atoms with Crippen molar-refractivity contribution >= 4 is 17.7 Å². The van der Waals surface area contributed by atoms with Gasteiger partial charge in [0.1, 0.15) is 0 Å². The van der Waals surface area contributed by atoms with E-state index >= 15 is 0 Å². The summed E-state index contributed by atoms with van der Waals surface area (Å²) in [6.45, 7) is 7.10. The number of hydrogen-bond donors (Lipinski definition) is 2. The van der Waals surface area contributed by atoms with Crippen molar-refractivity contribution in [2.45, 2.75) is 50.4 Å². The molecule has 2 fully saturated rings. The second-order valence-corrected chi connectivity index (χ2v) is 7.24. The summed E-state index contributed by atoms with van der Waals surface area (Å²) in [5.41, 5.74) is -0.127. The molecule has 92 valence electrons. The summed E-state index contributed by atoms with van der Waals surface area (Å²) in [4.78, 5) is 12.0. The zero-order valence-electron chi connectivity index (χ0n) is 10.4. The quantitative estimate of drug-likeness (QED) is 0.730. The molecule has 0 spiro atoms. The Labute approximate surface area is 102 Å². The Morgan fingerprint density at radius 2 is 2.19 bits per heavy atom. The first-order chi connectivity index (χ1) is 7.46. The zero-order chi connectivity index (χ0) is 11.8. The Kier molecular flexibility index (Phi) is 3.50. The van der Waals surface area contributed by atoms with Crippen molar-refractivity contribution in [2.75, 3.05) is 12.3 Å². The van der Waals surface area contributed by atoms with Crippen LogP contribution in [0.4, 0.5) is 0 Å². The van der Waals surface area contributed by atoms with Gasteiger partial charge in [-0.25, -0.2) is 0 Å². The summed E-state index contributed by atoms with van der Waals surface area (Å²) in [5.74, 6) is 2.23. The van der Waals surface area contributed by atoms with E-state index in [1.165, 1.54) is 12.2 Å². The van der Waals surface area contributed by atoms with Crippen LogP contribution in [0.2, 0.25) is 0 Å². The minimum atomic E-state index is -0.127.